The minimum atomic E-state index is 0.183. The summed E-state index contributed by atoms with van der Waals surface area (Å²) in [7, 11) is 0. The first-order chi connectivity index (χ1) is 8.27. The Bertz CT molecular complexity index is 378. The van der Waals surface area contributed by atoms with E-state index in [0.29, 0.717) is 5.92 Å². The van der Waals surface area contributed by atoms with Crippen molar-refractivity contribution < 1.29 is 4.74 Å². The molecule has 1 aliphatic heterocycles. The zero-order valence-corrected chi connectivity index (χ0v) is 10.7. The average molecular weight is 234 g/mol. The summed E-state index contributed by atoms with van der Waals surface area (Å²) in [5.41, 5.74) is 5.48. The van der Waals surface area contributed by atoms with Crippen LogP contribution in [0, 0.1) is 5.92 Å². The predicted molar refractivity (Wildman–Crippen MR) is 69.8 cm³/mol. The van der Waals surface area contributed by atoms with Crippen molar-refractivity contribution in [2.24, 2.45) is 11.8 Å². The lowest BCUT2D eigenvalue weighted by Crippen LogP contribution is -2.32. The van der Waals surface area contributed by atoms with Crippen molar-refractivity contribution in [3.8, 4) is 5.75 Å². The first kappa shape index (κ1) is 12.4. The van der Waals surface area contributed by atoms with Crippen LogP contribution < -0.4 is 16.0 Å². The summed E-state index contributed by atoms with van der Waals surface area (Å²) in [5, 5.41) is 0. The Morgan fingerprint density at radius 1 is 1.47 bits per heavy atom. The lowest BCUT2D eigenvalue weighted by Gasteiger charge is -2.24. The lowest BCUT2D eigenvalue weighted by atomic mass is 9.90. The van der Waals surface area contributed by atoms with Crippen LogP contribution >= 0.6 is 0 Å². The van der Waals surface area contributed by atoms with Crippen LogP contribution in [0.1, 0.15) is 43.9 Å². The van der Waals surface area contributed by atoms with Crippen LogP contribution in [0.15, 0.2) is 18.2 Å². The summed E-state index contributed by atoms with van der Waals surface area (Å²) in [6.45, 7) is 5.24. The van der Waals surface area contributed by atoms with Crippen LogP contribution in [-0.2, 0) is 6.42 Å². The van der Waals surface area contributed by atoms with Crippen LogP contribution in [-0.4, -0.2) is 6.61 Å². The van der Waals surface area contributed by atoms with Gasteiger partial charge in [0.15, 0.2) is 0 Å². The Kier molecular flexibility index (Phi) is 4.02. The first-order valence-corrected chi connectivity index (χ1v) is 6.48. The molecule has 0 fully saturated rings. The van der Waals surface area contributed by atoms with Crippen molar-refractivity contribution in [2.45, 2.75) is 39.2 Å². The van der Waals surface area contributed by atoms with Gasteiger partial charge in [0, 0.05) is 12.0 Å². The van der Waals surface area contributed by atoms with E-state index in [1.165, 1.54) is 24.0 Å². The van der Waals surface area contributed by atoms with Crippen molar-refractivity contribution >= 4 is 0 Å². The van der Waals surface area contributed by atoms with E-state index in [0.717, 1.165) is 18.8 Å². The van der Waals surface area contributed by atoms with E-state index in [4.69, 9.17) is 10.6 Å². The molecular weight excluding hydrogens is 212 g/mol. The second kappa shape index (κ2) is 5.52. The second-order valence-electron chi connectivity index (χ2n) is 4.84. The maximum Gasteiger partial charge on any atom is 0.127 e. The highest BCUT2D eigenvalue weighted by Gasteiger charge is 2.24. The molecule has 2 rings (SSSR count). The Morgan fingerprint density at radius 2 is 2.29 bits per heavy atom. The van der Waals surface area contributed by atoms with Gasteiger partial charge in [-0.15, -0.1) is 0 Å². The summed E-state index contributed by atoms with van der Waals surface area (Å²) >= 11 is 0. The fraction of sp³-hybridized carbons (Fsp3) is 0.571. The van der Waals surface area contributed by atoms with Crippen molar-refractivity contribution in [1.82, 2.24) is 5.43 Å². The molecule has 0 saturated carbocycles. The first-order valence-electron chi connectivity index (χ1n) is 6.48. The van der Waals surface area contributed by atoms with Crippen molar-refractivity contribution in [1.29, 1.82) is 0 Å². The second-order valence-corrected chi connectivity index (χ2v) is 4.84. The van der Waals surface area contributed by atoms with Crippen LogP contribution in [0.3, 0.4) is 0 Å². The van der Waals surface area contributed by atoms with E-state index < -0.39 is 0 Å². The molecule has 3 nitrogen and oxygen atoms in total. The molecule has 0 radical (unpaired) electrons. The molecule has 0 aliphatic carbocycles. The Hall–Kier alpha value is -1.06. The van der Waals surface area contributed by atoms with E-state index in [1.54, 1.807) is 0 Å². The number of benzene rings is 1. The number of para-hydroxylation sites is 1. The van der Waals surface area contributed by atoms with Crippen LogP contribution in [0.25, 0.3) is 0 Å². The maximum atomic E-state index is 5.75. The van der Waals surface area contributed by atoms with Gasteiger partial charge in [-0.05, 0) is 17.9 Å². The number of fused-ring (bicyclic) bond motifs is 1. The highest BCUT2D eigenvalue weighted by molar-refractivity contribution is 5.45. The number of nitrogens with two attached hydrogens (primary N) is 1. The number of ether oxygens (including phenoxy) is 1. The summed E-state index contributed by atoms with van der Waals surface area (Å²) in [4.78, 5) is 0. The highest BCUT2D eigenvalue weighted by Crippen LogP contribution is 2.36. The fourth-order valence-electron chi connectivity index (χ4n) is 2.67. The van der Waals surface area contributed by atoms with Crippen LogP contribution in [0.5, 0.6) is 5.75 Å². The maximum absolute atomic E-state index is 5.75. The van der Waals surface area contributed by atoms with Gasteiger partial charge in [-0.25, -0.2) is 0 Å². The number of hydrogen-bond acceptors (Lipinski definition) is 3. The summed E-state index contributed by atoms with van der Waals surface area (Å²) in [6.07, 6.45) is 3.36. The highest BCUT2D eigenvalue weighted by atomic mass is 16.5. The van der Waals surface area contributed by atoms with Gasteiger partial charge in [-0.3, -0.25) is 11.3 Å². The molecule has 17 heavy (non-hydrogen) atoms. The van der Waals surface area contributed by atoms with E-state index in [9.17, 15) is 0 Å². The predicted octanol–water partition coefficient (Wildman–Crippen LogP) is 2.56. The standard InChI is InChI=1S/C14H22N2O/c1-3-5-10(2)13(16-15)12-7-4-6-11-8-9-17-14(11)12/h4,6-7,10,13,16H,3,5,8-9,15H2,1-2H3. The molecule has 94 valence electrons. The molecule has 3 N–H and O–H groups in total. The lowest BCUT2D eigenvalue weighted by molar-refractivity contribution is 0.326. The Balaban J connectivity index is 2.28. The van der Waals surface area contributed by atoms with E-state index in [-0.39, 0.29) is 6.04 Å². The number of hydrazine groups is 1. The number of rotatable bonds is 5. The third-order valence-electron chi connectivity index (χ3n) is 3.57. The van der Waals surface area contributed by atoms with Gasteiger partial charge in [0.1, 0.15) is 5.75 Å². The molecule has 1 aliphatic rings. The molecule has 1 heterocycles. The third-order valence-corrected chi connectivity index (χ3v) is 3.57. The zero-order valence-electron chi connectivity index (χ0n) is 10.7. The van der Waals surface area contributed by atoms with E-state index in [1.807, 2.05) is 0 Å². The van der Waals surface area contributed by atoms with Gasteiger partial charge in [-0.2, -0.15) is 0 Å². The van der Waals surface area contributed by atoms with Crippen LogP contribution in [0.4, 0.5) is 0 Å². The van der Waals surface area contributed by atoms with Crippen molar-refractivity contribution in [2.75, 3.05) is 6.61 Å². The molecule has 1 aromatic carbocycles. The minimum Gasteiger partial charge on any atom is -0.493 e. The van der Waals surface area contributed by atoms with Gasteiger partial charge in [-0.1, -0.05) is 38.5 Å². The van der Waals surface area contributed by atoms with E-state index >= 15 is 0 Å². The molecule has 2 unspecified atom stereocenters. The average Bonchev–Trinajstić information content (AvgIpc) is 2.79. The molecule has 0 saturated heterocycles. The molecule has 2 atom stereocenters. The van der Waals surface area contributed by atoms with Crippen LogP contribution in [0.2, 0.25) is 0 Å². The van der Waals surface area contributed by atoms with Gasteiger partial charge in [0.2, 0.25) is 0 Å². The minimum absolute atomic E-state index is 0.183. The Labute approximate surface area is 103 Å². The molecule has 0 aromatic heterocycles. The molecular formula is C14H22N2O. The summed E-state index contributed by atoms with van der Waals surface area (Å²) < 4.78 is 5.75. The summed E-state index contributed by atoms with van der Waals surface area (Å²) in [6, 6.07) is 6.55. The number of nitrogens with one attached hydrogen (secondary N) is 1. The van der Waals surface area contributed by atoms with Gasteiger partial charge in [0.25, 0.3) is 0 Å². The number of hydrogen-bond donors (Lipinski definition) is 2. The monoisotopic (exact) mass is 234 g/mol. The molecule has 0 bridgehead atoms. The fourth-order valence-corrected chi connectivity index (χ4v) is 2.67. The van der Waals surface area contributed by atoms with E-state index in [2.05, 4.69) is 37.5 Å². The van der Waals surface area contributed by atoms with Crippen molar-refractivity contribution in [3.63, 3.8) is 0 Å². The normalized spacial score (nSPS) is 17.4. The summed E-state index contributed by atoms with van der Waals surface area (Å²) in [5.74, 6) is 7.29. The smallest absolute Gasteiger partial charge is 0.127 e. The molecule has 0 spiro atoms. The van der Waals surface area contributed by atoms with Gasteiger partial charge in [0.05, 0.1) is 12.6 Å². The zero-order chi connectivity index (χ0) is 12.3. The van der Waals surface area contributed by atoms with Crippen molar-refractivity contribution in [3.05, 3.63) is 29.3 Å². The molecule has 1 aromatic rings. The largest absolute Gasteiger partial charge is 0.493 e. The quantitative estimate of drug-likeness (QED) is 0.608. The Morgan fingerprint density at radius 3 is 3.00 bits per heavy atom. The topological polar surface area (TPSA) is 47.3 Å². The van der Waals surface area contributed by atoms with Gasteiger partial charge < -0.3 is 4.74 Å². The third kappa shape index (κ3) is 2.45. The molecule has 3 heteroatoms. The van der Waals surface area contributed by atoms with Gasteiger partial charge >= 0.3 is 0 Å². The SMILES string of the molecule is CCCC(C)C(NN)c1cccc2c1OCC2. The molecule has 0 amide bonds.